The summed E-state index contributed by atoms with van der Waals surface area (Å²) in [5, 5.41) is 22.0. The van der Waals surface area contributed by atoms with E-state index < -0.39 is 29.8 Å². The van der Waals surface area contributed by atoms with Crippen molar-refractivity contribution >= 4 is 12.1 Å². The van der Waals surface area contributed by atoms with E-state index in [0.29, 0.717) is 5.56 Å². The van der Waals surface area contributed by atoms with E-state index in [4.69, 9.17) is 4.74 Å². The zero-order chi connectivity index (χ0) is 19.3. The summed E-state index contributed by atoms with van der Waals surface area (Å²) in [6.07, 6.45) is -2.31. The summed E-state index contributed by atoms with van der Waals surface area (Å²) in [5.41, 5.74) is 1.56. The molecule has 0 bridgehead atoms. The molecule has 26 heavy (non-hydrogen) atoms. The monoisotopic (exact) mass is 357 g/mol. The molecule has 0 unspecified atom stereocenters. The summed E-state index contributed by atoms with van der Waals surface area (Å²) >= 11 is 0. The second-order valence-corrected chi connectivity index (χ2v) is 6.90. The average molecular weight is 357 g/mol. The first-order valence-corrected chi connectivity index (χ1v) is 8.23. The van der Waals surface area contributed by atoms with E-state index in [-0.39, 0.29) is 0 Å². The van der Waals surface area contributed by atoms with Crippen LogP contribution in [0.4, 0.5) is 4.79 Å². The van der Waals surface area contributed by atoms with Gasteiger partial charge in [-0.2, -0.15) is 0 Å². The molecule has 0 heterocycles. The summed E-state index contributed by atoms with van der Waals surface area (Å²) in [6, 6.07) is 15.0. The first-order valence-electron chi connectivity index (χ1n) is 8.23. The van der Waals surface area contributed by atoms with Gasteiger partial charge in [-0.05, 0) is 37.5 Å². The molecule has 2 aromatic rings. The van der Waals surface area contributed by atoms with Crippen LogP contribution in [0.1, 0.15) is 32.4 Å². The molecule has 2 rings (SSSR count). The number of carboxylic acid groups (broad SMARTS) is 1. The number of alkyl carbamates (subject to hydrolysis) is 1. The van der Waals surface area contributed by atoms with Crippen LogP contribution in [0.5, 0.6) is 0 Å². The van der Waals surface area contributed by atoms with Gasteiger partial charge in [-0.15, -0.1) is 0 Å². The van der Waals surface area contributed by atoms with Crippen molar-refractivity contribution in [2.75, 3.05) is 0 Å². The Bertz CT molecular complexity index is 750. The molecule has 0 saturated heterocycles. The molecule has 0 aromatic heterocycles. The zero-order valence-corrected chi connectivity index (χ0v) is 15.0. The highest BCUT2D eigenvalue weighted by Gasteiger charge is 2.31. The Labute approximate surface area is 152 Å². The number of amides is 1. The maximum absolute atomic E-state index is 11.8. The third-order valence-corrected chi connectivity index (χ3v) is 3.61. The SMILES string of the molecule is CC(C)(C)OC(=O)N[C@@H](C(=O)O)[C@H](O)c1ccc(-c2ccccc2)cc1. The molecule has 0 spiro atoms. The topological polar surface area (TPSA) is 95.9 Å². The van der Waals surface area contributed by atoms with Crippen LogP contribution in [0.15, 0.2) is 54.6 Å². The summed E-state index contributed by atoms with van der Waals surface area (Å²) in [4.78, 5) is 23.3. The first kappa shape index (κ1) is 19.5. The predicted octanol–water partition coefficient (Wildman–Crippen LogP) is 3.36. The van der Waals surface area contributed by atoms with Crippen molar-refractivity contribution in [3.05, 3.63) is 60.2 Å². The number of aliphatic carboxylic acids is 1. The van der Waals surface area contributed by atoms with Gasteiger partial charge in [0.1, 0.15) is 11.7 Å². The number of carboxylic acids is 1. The van der Waals surface area contributed by atoms with Gasteiger partial charge in [-0.3, -0.25) is 0 Å². The number of carbonyl (C=O) groups is 2. The van der Waals surface area contributed by atoms with E-state index in [1.165, 1.54) is 0 Å². The molecule has 0 saturated carbocycles. The highest BCUT2D eigenvalue weighted by molar-refractivity contribution is 5.81. The fourth-order valence-corrected chi connectivity index (χ4v) is 2.41. The molecule has 0 fully saturated rings. The Morgan fingerprint density at radius 2 is 1.50 bits per heavy atom. The van der Waals surface area contributed by atoms with E-state index in [0.717, 1.165) is 11.1 Å². The number of hydrogen-bond donors (Lipinski definition) is 3. The fourth-order valence-electron chi connectivity index (χ4n) is 2.41. The van der Waals surface area contributed by atoms with Gasteiger partial charge in [0.2, 0.25) is 0 Å². The molecule has 6 nitrogen and oxygen atoms in total. The number of rotatable bonds is 5. The summed E-state index contributed by atoms with van der Waals surface area (Å²) in [7, 11) is 0. The summed E-state index contributed by atoms with van der Waals surface area (Å²) < 4.78 is 5.06. The van der Waals surface area contributed by atoms with Crippen LogP contribution in [0.3, 0.4) is 0 Å². The van der Waals surface area contributed by atoms with E-state index in [1.807, 2.05) is 30.3 Å². The lowest BCUT2D eigenvalue weighted by molar-refractivity contribution is -0.142. The number of benzene rings is 2. The minimum atomic E-state index is -1.52. The highest BCUT2D eigenvalue weighted by atomic mass is 16.6. The van der Waals surface area contributed by atoms with Crippen molar-refractivity contribution < 1.29 is 24.5 Å². The van der Waals surface area contributed by atoms with Gasteiger partial charge in [0.15, 0.2) is 6.04 Å². The van der Waals surface area contributed by atoms with Crippen molar-refractivity contribution in [2.24, 2.45) is 0 Å². The summed E-state index contributed by atoms with van der Waals surface area (Å²) in [5.74, 6) is -1.35. The zero-order valence-electron chi connectivity index (χ0n) is 15.0. The second-order valence-electron chi connectivity index (χ2n) is 6.90. The smallest absolute Gasteiger partial charge is 0.408 e. The Hall–Kier alpha value is -2.86. The predicted molar refractivity (Wildman–Crippen MR) is 97.6 cm³/mol. The Kier molecular flexibility index (Phi) is 6.00. The van der Waals surface area contributed by atoms with E-state index in [2.05, 4.69) is 5.32 Å². The lowest BCUT2D eigenvalue weighted by Gasteiger charge is -2.24. The van der Waals surface area contributed by atoms with Gasteiger partial charge in [0.25, 0.3) is 0 Å². The lowest BCUT2D eigenvalue weighted by Crippen LogP contribution is -2.46. The van der Waals surface area contributed by atoms with Gasteiger partial charge in [-0.1, -0.05) is 54.6 Å². The number of nitrogens with one attached hydrogen (secondary N) is 1. The minimum Gasteiger partial charge on any atom is -0.480 e. The van der Waals surface area contributed by atoms with Crippen LogP contribution >= 0.6 is 0 Å². The molecule has 2 atom stereocenters. The minimum absolute atomic E-state index is 0.383. The number of aliphatic hydroxyl groups is 1. The molecule has 3 N–H and O–H groups in total. The van der Waals surface area contributed by atoms with E-state index >= 15 is 0 Å². The number of carbonyl (C=O) groups excluding carboxylic acids is 1. The summed E-state index contributed by atoms with van der Waals surface area (Å²) in [6.45, 7) is 5.00. The van der Waals surface area contributed by atoms with Gasteiger partial charge < -0.3 is 20.3 Å². The molecular formula is C20H23NO5. The Morgan fingerprint density at radius 3 is 2.00 bits per heavy atom. The standard InChI is InChI=1S/C20H23NO5/c1-20(2,3)26-19(25)21-16(18(23)24)17(22)15-11-9-14(10-12-15)13-7-5-4-6-8-13/h4-12,16-17,22H,1-3H3,(H,21,25)(H,23,24)/t16-,17-/m1/s1. The number of hydrogen-bond acceptors (Lipinski definition) is 4. The van der Waals surface area contributed by atoms with Crippen molar-refractivity contribution in [3.63, 3.8) is 0 Å². The van der Waals surface area contributed by atoms with E-state index in [1.54, 1.807) is 45.0 Å². The van der Waals surface area contributed by atoms with Gasteiger partial charge in [-0.25, -0.2) is 9.59 Å². The van der Waals surface area contributed by atoms with Crippen molar-refractivity contribution in [3.8, 4) is 11.1 Å². The largest absolute Gasteiger partial charge is 0.480 e. The molecule has 0 aliphatic heterocycles. The van der Waals surface area contributed by atoms with Crippen LogP contribution in [0.2, 0.25) is 0 Å². The fraction of sp³-hybridized carbons (Fsp3) is 0.300. The van der Waals surface area contributed by atoms with Gasteiger partial charge in [0, 0.05) is 0 Å². The Balaban J connectivity index is 2.14. The van der Waals surface area contributed by atoms with Crippen molar-refractivity contribution in [1.82, 2.24) is 5.32 Å². The average Bonchev–Trinajstić information content (AvgIpc) is 2.58. The third-order valence-electron chi connectivity index (χ3n) is 3.61. The molecule has 0 radical (unpaired) electrons. The number of aliphatic hydroxyl groups excluding tert-OH is 1. The van der Waals surface area contributed by atoms with Crippen LogP contribution in [-0.2, 0) is 9.53 Å². The van der Waals surface area contributed by atoms with Crippen LogP contribution in [-0.4, -0.2) is 33.9 Å². The van der Waals surface area contributed by atoms with Gasteiger partial charge >= 0.3 is 12.1 Å². The quantitative estimate of drug-likeness (QED) is 0.762. The first-order chi connectivity index (χ1) is 12.2. The maximum atomic E-state index is 11.8. The van der Waals surface area contributed by atoms with Crippen molar-refractivity contribution in [1.29, 1.82) is 0 Å². The Morgan fingerprint density at radius 1 is 0.962 bits per heavy atom. The molecule has 6 heteroatoms. The third kappa shape index (κ3) is 5.32. The van der Waals surface area contributed by atoms with Crippen LogP contribution in [0.25, 0.3) is 11.1 Å². The lowest BCUT2D eigenvalue weighted by atomic mass is 9.98. The van der Waals surface area contributed by atoms with Crippen molar-refractivity contribution in [2.45, 2.75) is 38.5 Å². The molecule has 138 valence electrons. The molecule has 0 aliphatic rings. The normalized spacial score (nSPS) is 13.5. The van der Waals surface area contributed by atoms with Crippen LogP contribution < -0.4 is 5.32 Å². The van der Waals surface area contributed by atoms with E-state index in [9.17, 15) is 19.8 Å². The molecule has 2 aromatic carbocycles. The molecule has 0 aliphatic carbocycles. The highest BCUT2D eigenvalue weighted by Crippen LogP contribution is 2.23. The molecular weight excluding hydrogens is 334 g/mol. The second kappa shape index (κ2) is 8.01. The maximum Gasteiger partial charge on any atom is 0.408 e. The number of ether oxygens (including phenoxy) is 1. The van der Waals surface area contributed by atoms with Crippen LogP contribution in [0, 0.1) is 0 Å². The van der Waals surface area contributed by atoms with Gasteiger partial charge in [0.05, 0.1) is 0 Å². The molecule has 1 amide bonds.